The van der Waals surface area contributed by atoms with E-state index >= 15 is 0 Å². The van der Waals surface area contributed by atoms with Crippen LogP contribution in [-0.4, -0.2) is 24.5 Å². The van der Waals surface area contributed by atoms with Crippen LogP contribution in [0.25, 0.3) is 117 Å². The Balaban J connectivity index is 1.05. The number of fused-ring (bicyclic) bond motifs is 10. The lowest BCUT2D eigenvalue weighted by Gasteiger charge is -2.12. The normalized spacial score (nSPS) is 11.9. The highest BCUT2D eigenvalue weighted by atomic mass is 16.4. The summed E-state index contributed by atoms with van der Waals surface area (Å²) in [5.41, 5.74) is 9.86. The SMILES string of the molecule is c1ccc(-c2nc(-c3ccc(-n4c5ccccc5c5ccccc54)cc3)nc(-c3cc4oc5ccc6oc(-c7ccccc7)nc6c5c4c4ccccc34)n2)cc1. The van der Waals surface area contributed by atoms with E-state index in [1.807, 2.05) is 78.9 Å². The Morgan fingerprint density at radius 2 is 0.912 bits per heavy atom. The molecule has 8 aromatic carbocycles. The van der Waals surface area contributed by atoms with Gasteiger partial charge >= 0.3 is 0 Å². The van der Waals surface area contributed by atoms with Gasteiger partial charge < -0.3 is 13.4 Å². The molecule has 0 bridgehead atoms. The number of aromatic nitrogens is 5. The number of hydrogen-bond acceptors (Lipinski definition) is 6. The molecule has 57 heavy (non-hydrogen) atoms. The molecule has 0 amide bonds. The van der Waals surface area contributed by atoms with Gasteiger partial charge in [0.05, 0.1) is 16.4 Å². The number of benzene rings is 8. The second-order valence-corrected chi connectivity index (χ2v) is 14.2. The molecule has 12 aromatic rings. The van der Waals surface area contributed by atoms with Crippen LogP contribution in [0.1, 0.15) is 0 Å². The van der Waals surface area contributed by atoms with E-state index in [-0.39, 0.29) is 0 Å². The molecule has 0 unspecified atom stereocenters. The number of furan rings is 1. The minimum Gasteiger partial charge on any atom is -0.456 e. The van der Waals surface area contributed by atoms with Crippen LogP contribution in [0.5, 0.6) is 0 Å². The Morgan fingerprint density at radius 3 is 1.60 bits per heavy atom. The Hall–Kier alpha value is -7.90. The fourth-order valence-electron chi connectivity index (χ4n) is 8.30. The lowest BCUT2D eigenvalue weighted by atomic mass is 9.98. The van der Waals surface area contributed by atoms with Crippen molar-refractivity contribution in [2.45, 2.75) is 0 Å². The largest absolute Gasteiger partial charge is 0.456 e. The van der Waals surface area contributed by atoms with E-state index in [0.717, 1.165) is 71.6 Å². The molecule has 266 valence electrons. The van der Waals surface area contributed by atoms with Crippen molar-refractivity contribution in [2.75, 3.05) is 0 Å². The van der Waals surface area contributed by atoms with Crippen LogP contribution in [-0.2, 0) is 0 Å². The zero-order chi connectivity index (χ0) is 37.5. The van der Waals surface area contributed by atoms with Crippen LogP contribution in [0.4, 0.5) is 0 Å². The van der Waals surface area contributed by atoms with Crippen molar-refractivity contribution in [3.05, 3.63) is 176 Å². The summed E-state index contributed by atoms with van der Waals surface area (Å²) in [5, 5.41) is 6.35. The van der Waals surface area contributed by atoms with Gasteiger partial charge in [-0.05, 0) is 77.5 Å². The van der Waals surface area contributed by atoms with Gasteiger partial charge in [0.1, 0.15) is 16.7 Å². The van der Waals surface area contributed by atoms with Crippen molar-refractivity contribution >= 4 is 65.6 Å². The van der Waals surface area contributed by atoms with Gasteiger partial charge in [-0.1, -0.05) is 109 Å². The fourth-order valence-corrected chi connectivity index (χ4v) is 8.30. The maximum Gasteiger partial charge on any atom is 0.227 e. The van der Waals surface area contributed by atoms with E-state index in [2.05, 4.69) is 102 Å². The first-order valence-electron chi connectivity index (χ1n) is 18.9. The third-order valence-corrected chi connectivity index (χ3v) is 10.9. The summed E-state index contributed by atoms with van der Waals surface area (Å²) in [7, 11) is 0. The van der Waals surface area contributed by atoms with Crippen LogP contribution in [0.3, 0.4) is 0 Å². The van der Waals surface area contributed by atoms with E-state index in [0.29, 0.717) is 34.5 Å². The highest BCUT2D eigenvalue weighted by Crippen LogP contribution is 2.43. The Morgan fingerprint density at radius 1 is 0.368 bits per heavy atom. The average Bonchev–Trinajstić information content (AvgIpc) is 3.99. The second kappa shape index (κ2) is 12.3. The van der Waals surface area contributed by atoms with E-state index in [9.17, 15) is 0 Å². The van der Waals surface area contributed by atoms with E-state index in [1.165, 1.54) is 10.8 Å². The number of hydrogen-bond donors (Lipinski definition) is 0. The number of oxazole rings is 1. The highest BCUT2D eigenvalue weighted by molar-refractivity contribution is 6.27. The standard InChI is InChI=1S/C50H29N5O2/c1-3-13-30(14-4-1)47-52-48(31-23-25-33(26-24-31)55-39-21-11-9-18-35(39)36-19-10-12-22-40(36)55)54-49(53-47)38-29-43-44(37-20-8-7-17-34(37)38)45-41(56-43)27-28-42-46(45)51-50(57-42)32-15-5-2-6-16-32/h1-29H. The third-order valence-electron chi connectivity index (χ3n) is 10.9. The van der Waals surface area contributed by atoms with Gasteiger partial charge in [-0.2, -0.15) is 0 Å². The number of nitrogens with zero attached hydrogens (tertiary/aromatic N) is 5. The molecule has 7 nitrogen and oxygen atoms in total. The molecule has 0 spiro atoms. The van der Waals surface area contributed by atoms with Gasteiger partial charge in [-0.15, -0.1) is 0 Å². The van der Waals surface area contributed by atoms with Gasteiger partial charge in [0.2, 0.25) is 5.89 Å². The minimum atomic E-state index is 0.557. The quantitative estimate of drug-likeness (QED) is 0.175. The van der Waals surface area contributed by atoms with Crippen molar-refractivity contribution < 1.29 is 8.83 Å². The van der Waals surface area contributed by atoms with Crippen molar-refractivity contribution in [3.63, 3.8) is 0 Å². The van der Waals surface area contributed by atoms with E-state index < -0.39 is 0 Å². The van der Waals surface area contributed by atoms with Crippen LogP contribution in [0.15, 0.2) is 185 Å². The molecule has 0 saturated carbocycles. The molecule has 0 aliphatic rings. The smallest absolute Gasteiger partial charge is 0.227 e. The van der Waals surface area contributed by atoms with Gasteiger partial charge in [0, 0.05) is 44.1 Å². The molecular weight excluding hydrogens is 703 g/mol. The summed E-state index contributed by atoms with van der Waals surface area (Å²) >= 11 is 0. The maximum absolute atomic E-state index is 6.63. The van der Waals surface area contributed by atoms with Gasteiger partial charge in [0.25, 0.3) is 0 Å². The van der Waals surface area contributed by atoms with Crippen LogP contribution in [0.2, 0.25) is 0 Å². The summed E-state index contributed by atoms with van der Waals surface area (Å²) < 4.78 is 15.2. The average molecular weight is 732 g/mol. The van der Waals surface area contributed by atoms with Crippen LogP contribution in [0, 0.1) is 0 Å². The molecule has 0 saturated heterocycles. The first kappa shape index (κ1) is 31.5. The number of rotatable bonds is 5. The molecule has 12 rings (SSSR count). The molecular formula is C50H29N5O2. The molecule has 0 N–H and O–H groups in total. The Kier molecular flexibility index (Phi) is 6.79. The van der Waals surface area contributed by atoms with Crippen LogP contribution >= 0.6 is 0 Å². The second-order valence-electron chi connectivity index (χ2n) is 14.2. The summed E-state index contributed by atoms with van der Waals surface area (Å²) in [5.74, 6) is 2.30. The molecule has 0 aliphatic carbocycles. The predicted molar refractivity (Wildman–Crippen MR) is 228 cm³/mol. The zero-order valence-corrected chi connectivity index (χ0v) is 30.3. The summed E-state index contributed by atoms with van der Waals surface area (Å²) in [6, 6.07) is 59.9. The highest BCUT2D eigenvalue weighted by Gasteiger charge is 2.22. The summed E-state index contributed by atoms with van der Waals surface area (Å²) in [4.78, 5) is 20.4. The zero-order valence-electron chi connectivity index (χ0n) is 30.3. The molecule has 7 heteroatoms. The molecule has 0 atom stereocenters. The summed E-state index contributed by atoms with van der Waals surface area (Å²) in [6.07, 6.45) is 0. The van der Waals surface area contributed by atoms with Crippen molar-refractivity contribution in [1.82, 2.24) is 24.5 Å². The van der Waals surface area contributed by atoms with Crippen LogP contribution < -0.4 is 0 Å². The molecule has 0 aliphatic heterocycles. The third kappa shape index (κ3) is 4.92. The number of para-hydroxylation sites is 2. The minimum absolute atomic E-state index is 0.557. The predicted octanol–water partition coefficient (Wildman–Crippen LogP) is 12.8. The topological polar surface area (TPSA) is 82.8 Å². The van der Waals surface area contributed by atoms with E-state index in [4.69, 9.17) is 28.8 Å². The van der Waals surface area contributed by atoms with Gasteiger partial charge in [0.15, 0.2) is 23.1 Å². The molecule has 0 radical (unpaired) electrons. The van der Waals surface area contributed by atoms with E-state index in [1.54, 1.807) is 0 Å². The molecule has 4 aromatic heterocycles. The van der Waals surface area contributed by atoms with Crippen molar-refractivity contribution in [2.24, 2.45) is 0 Å². The lowest BCUT2D eigenvalue weighted by molar-refractivity contribution is 0.619. The monoisotopic (exact) mass is 731 g/mol. The molecule has 0 fully saturated rings. The first-order valence-corrected chi connectivity index (χ1v) is 18.9. The van der Waals surface area contributed by atoms with Gasteiger partial charge in [-0.25, -0.2) is 19.9 Å². The maximum atomic E-state index is 6.63. The first-order chi connectivity index (χ1) is 28.2. The summed E-state index contributed by atoms with van der Waals surface area (Å²) in [6.45, 7) is 0. The fraction of sp³-hybridized carbons (Fsp3) is 0. The lowest BCUT2D eigenvalue weighted by Crippen LogP contribution is -2.01. The Bertz CT molecular complexity index is 3460. The Labute approximate surface area is 325 Å². The van der Waals surface area contributed by atoms with Crippen molar-refractivity contribution in [3.8, 4) is 51.3 Å². The van der Waals surface area contributed by atoms with Gasteiger partial charge in [-0.3, -0.25) is 0 Å². The van der Waals surface area contributed by atoms with Crippen molar-refractivity contribution in [1.29, 1.82) is 0 Å². The molecule has 4 heterocycles.